The molecule has 34 heavy (non-hydrogen) atoms. The molecule has 4 aliphatic carbocycles. The van der Waals surface area contributed by atoms with Gasteiger partial charge in [-0.25, -0.2) is 0 Å². The molecule has 2 aromatic rings. The zero-order valence-electron chi connectivity index (χ0n) is 18.7. The molecule has 0 unspecified atom stereocenters. The summed E-state index contributed by atoms with van der Waals surface area (Å²) in [7, 11) is 0. The number of amides is 1. The van der Waals surface area contributed by atoms with E-state index in [1.165, 1.54) is 0 Å². The van der Waals surface area contributed by atoms with Crippen molar-refractivity contribution in [2.45, 2.75) is 81.4 Å². The lowest BCUT2D eigenvalue weighted by Gasteiger charge is -2.41. The number of ether oxygens (including phenoxy) is 2. The lowest BCUT2D eigenvalue weighted by molar-refractivity contribution is -0.352. The quantitative estimate of drug-likeness (QED) is 0.569. The molecule has 4 aliphatic rings. The lowest BCUT2D eigenvalue weighted by atomic mass is 9.75. The molecule has 2 bridgehead atoms. The van der Waals surface area contributed by atoms with Crippen LogP contribution in [0.25, 0.3) is 0 Å². The van der Waals surface area contributed by atoms with Gasteiger partial charge in [0.1, 0.15) is 5.75 Å². The molecule has 1 N–H and O–H groups in total. The summed E-state index contributed by atoms with van der Waals surface area (Å²) in [5.41, 5.74) is -1.42. The first-order valence-corrected chi connectivity index (χ1v) is 11.6. The SMILES string of the molecule is CC(C)(Oc1ccc(Cl)cc1)C(=O)NC12CC(C1)[C@@H](c1nnc(C3CC(OC(F)(F)F)C3)o1)C2. The topological polar surface area (TPSA) is 86.5 Å². The summed E-state index contributed by atoms with van der Waals surface area (Å²) in [5.74, 6) is 1.31. The highest BCUT2D eigenvalue weighted by atomic mass is 35.5. The fourth-order valence-corrected chi connectivity index (χ4v) is 5.40. The predicted molar refractivity (Wildman–Crippen MR) is 114 cm³/mol. The van der Waals surface area contributed by atoms with Gasteiger partial charge in [-0.2, -0.15) is 0 Å². The van der Waals surface area contributed by atoms with Crippen LogP contribution in [-0.2, 0) is 9.53 Å². The minimum atomic E-state index is -4.63. The number of hydrogen-bond donors (Lipinski definition) is 1. The number of hydrogen-bond acceptors (Lipinski definition) is 6. The lowest BCUT2D eigenvalue weighted by Crippen LogP contribution is -2.58. The van der Waals surface area contributed by atoms with Gasteiger partial charge in [0.25, 0.3) is 5.91 Å². The molecule has 1 heterocycles. The van der Waals surface area contributed by atoms with Crippen LogP contribution in [0.5, 0.6) is 5.75 Å². The number of fused-ring (bicyclic) bond motifs is 1. The van der Waals surface area contributed by atoms with Crippen LogP contribution >= 0.6 is 11.6 Å². The first-order chi connectivity index (χ1) is 15.9. The van der Waals surface area contributed by atoms with Crippen molar-refractivity contribution in [2.24, 2.45) is 5.92 Å². The van der Waals surface area contributed by atoms with Crippen molar-refractivity contribution >= 4 is 17.5 Å². The van der Waals surface area contributed by atoms with Crippen LogP contribution < -0.4 is 10.1 Å². The zero-order chi connectivity index (χ0) is 24.3. The van der Waals surface area contributed by atoms with E-state index in [0.717, 1.165) is 12.8 Å². The third-order valence-corrected chi connectivity index (χ3v) is 7.37. The van der Waals surface area contributed by atoms with Crippen LogP contribution in [0.2, 0.25) is 5.02 Å². The van der Waals surface area contributed by atoms with E-state index in [2.05, 4.69) is 20.3 Å². The molecule has 1 aromatic heterocycles. The highest BCUT2D eigenvalue weighted by Gasteiger charge is 2.59. The molecule has 6 rings (SSSR count). The number of rotatable bonds is 7. The number of carbonyl (C=O) groups excluding carboxylic acids is 1. The second-order valence-electron chi connectivity index (χ2n) is 10.1. The fourth-order valence-electron chi connectivity index (χ4n) is 5.27. The van der Waals surface area contributed by atoms with Crippen molar-refractivity contribution in [1.29, 1.82) is 0 Å². The molecule has 7 nitrogen and oxygen atoms in total. The maximum Gasteiger partial charge on any atom is 0.522 e. The number of nitrogens with zero attached hydrogens (tertiary/aromatic N) is 2. The van der Waals surface area contributed by atoms with E-state index in [1.807, 2.05) is 0 Å². The van der Waals surface area contributed by atoms with E-state index in [9.17, 15) is 18.0 Å². The fraction of sp³-hybridized carbons (Fsp3) is 0.609. The van der Waals surface area contributed by atoms with Crippen molar-refractivity contribution in [1.82, 2.24) is 15.5 Å². The molecule has 11 heteroatoms. The second-order valence-corrected chi connectivity index (χ2v) is 10.5. The number of halogens is 4. The Bertz CT molecular complexity index is 1060. The number of benzene rings is 1. The van der Waals surface area contributed by atoms with Gasteiger partial charge in [0, 0.05) is 22.4 Å². The van der Waals surface area contributed by atoms with Crippen LogP contribution in [0.3, 0.4) is 0 Å². The third-order valence-electron chi connectivity index (χ3n) is 7.12. The van der Waals surface area contributed by atoms with Crippen LogP contribution in [0.15, 0.2) is 28.7 Å². The van der Waals surface area contributed by atoms with Crippen LogP contribution in [-0.4, -0.2) is 39.7 Å². The average Bonchev–Trinajstić information content (AvgIpc) is 3.38. The van der Waals surface area contributed by atoms with Crippen LogP contribution in [0.1, 0.15) is 69.6 Å². The Morgan fingerprint density at radius 1 is 1.12 bits per heavy atom. The Morgan fingerprint density at radius 2 is 1.76 bits per heavy atom. The third kappa shape index (κ3) is 4.62. The number of alkyl halides is 3. The Labute approximate surface area is 199 Å². The predicted octanol–water partition coefficient (Wildman–Crippen LogP) is 5.12. The van der Waals surface area contributed by atoms with Gasteiger partial charge in [0.2, 0.25) is 11.8 Å². The van der Waals surface area contributed by atoms with E-state index in [1.54, 1.807) is 38.1 Å². The molecule has 184 valence electrons. The maximum absolute atomic E-state index is 13.0. The van der Waals surface area contributed by atoms with Crippen molar-refractivity contribution < 1.29 is 31.9 Å². The van der Waals surface area contributed by atoms with Gasteiger partial charge < -0.3 is 14.5 Å². The normalized spacial score (nSPS) is 30.4. The van der Waals surface area contributed by atoms with Crippen molar-refractivity contribution in [2.75, 3.05) is 0 Å². The molecule has 1 amide bonds. The molecule has 0 saturated heterocycles. The molecule has 0 aliphatic heterocycles. The summed E-state index contributed by atoms with van der Waals surface area (Å²) < 4.78 is 52.7. The summed E-state index contributed by atoms with van der Waals surface area (Å²) in [4.78, 5) is 13.0. The van der Waals surface area contributed by atoms with Gasteiger partial charge in [0.15, 0.2) is 5.60 Å². The molecule has 4 fully saturated rings. The molecule has 1 atom stereocenters. The number of aromatic nitrogens is 2. The summed E-state index contributed by atoms with van der Waals surface area (Å²) in [6.07, 6.45) is -2.79. The Balaban J connectivity index is 1.16. The van der Waals surface area contributed by atoms with Crippen LogP contribution in [0, 0.1) is 5.92 Å². The van der Waals surface area contributed by atoms with E-state index in [-0.39, 0.29) is 36.1 Å². The second kappa shape index (κ2) is 8.12. The summed E-state index contributed by atoms with van der Waals surface area (Å²) in [6.45, 7) is 3.43. The van der Waals surface area contributed by atoms with Gasteiger partial charge in [-0.05, 0) is 76.1 Å². The van der Waals surface area contributed by atoms with Crippen LogP contribution in [0.4, 0.5) is 13.2 Å². The highest BCUT2D eigenvalue weighted by molar-refractivity contribution is 6.30. The Morgan fingerprint density at radius 3 is 2.41 bits per heavy atom. The van der Waals surface area contributed by atoms with Crippen molar-refractivity contribution in [3.63, 3.8) is 0 Å². The Hall–Kier alpha value is -2.33. The summed E-state index contributed by atoms with van der Waals surface area (Å²) in [5, 5.41) is 12.0. The molecule has 0 radical (unpaired) electrons. The van der Waals surface area contributed by atoms with Gasteiger partial charge in [-0.3, -0.25) is 9.53 Å². The maximum atomic E-state index is 13.0. The van der Waals surface area contributed by atoms with Crippen molar-refractivity contribution in [3.8, 4) is 5.75 Å². The monoisotopic (exact) mass is 499 g/mol. The Kier molecular flexibility index (Phi) is 5.59. The zero-order valence-corrected chi connectivity index (χ0v) is 19.4. The van der Waals surface area contributed by atoms with Gasteiger partial charge in [-0.15, -0.1) is 23.4 Å². The van der Waals surface area contributed by atoms with Crippen molar-refractivity contribution in [3.05, 3.63) is 41.1 Å². The molecular weight excluding hydrogens is 475 g/mol. The summed E-state index contributed by atoms with van der Waals surface area (Å²) >= 11 is 5.91. The van der Waals surface area contributed by atoms with E-state index < -0.39 is 18.1 Å². The minimum absolute atomic E-state index is 0.0177. The molecule has 0 spiro atoms. The van der Waals surface area contributed by atoms with Gasteiger partial charge in [0.05, 0.1) is 6.10 Å². The standard InChI is InChI=1S/C23H25ClF3N3O4/c1-21(2,33-15-5-3-14(24)4-6-15)20(31)28-22-9-13(10-22)17(11-22)19-30-29-18(32-19)12-7-16(8-12)34-23(25,26)27/h3-6,12-13,16-17H,7-11H2,1-2H3,(H,28,31)/t12?,13?,16?,17-,22?/m0/s1. The number of carbonyl (C=O) groups is 1. The molecular formula is C23H25ClF3N3O4. The molecule has 1 aromatic carbocycles. The van der Waals surface area contributed by atoms with E-state index in [4.69, 9.17) is 20.8 Å². The summed E-state index contributed by atoms with van der Waals surface area (Å²) in [6, 6.07) is 6.83. The van der Waals surface area contributed by atoms with E-state index in [0.29, 0.717) is 34.9 Å². The average molecular weight is 500 g/mol. The minimum Gasteiger partial charge on any atom is -0.478 e. The van der Waals surface area contributed by atoms with Gasteiger partial charge >= 0.3 is 6.36 Å². The first kappa shape index (κ1) is 23.4. The van der Waals surface area contributed by atoms with E-state index >= 15 is 0 Å². The highest BCUT2D eigenvalue weighted by Crippen LogP contribution is 2.59. The largest absolute Gasteiger partial charge is 0.522 e. The molecule has 4 saturated carbocycles. The smallest absolute Gasteiger partial charge is 0.478 e. The first-order valence-electron chi connectivity index (χ1n) is 11.3. The van der Waals surface area contributed by atoms with Gasteiger partial charge in [-0.1, -0.05) is 11.6 Å². The number of nitrogens with one attached hydrogen (secondary N) is 1.